The van der Waals surface area contributed by atoms with Gasteiger partial charge < -0.3 is 14.6 Å². The van der Waals surface area contributed by atoms with Gasteiger partial charge in [-0.25, -0.2) is 9.18 Å². The maximum Gasteiger partial charge on any atom is 0.341 e. The van der Waals surface area contributed by atoms with Crippen LogP contribution in [0.25, 0.3) is 10.9 Å². The summed E-state index contributed by atoms with van der Waals surface area (Å²) >= 11 is 0. The van der Waals surface area contributed by atoms with Gasteiger partial charge in [0.25, 0.3) is 0 Å². The standard InChI is InChI=1S/C16H17FN2O3.Na/c1-2-18-9-11(16(21)22)15(20)10-7-12(17)14(8-13(10)18)19-5-3-4-6-19;/h7-9H,2-6H2,1H3,(H,21,22);. The van der Waals surface area contributed by atoms with Gasteiger partial charge in [0.1, 0.15) is 11.4 Å². The van der Waals surface area contributed by atoms with Crippen LogP contribution in [-0.4, -0.2) is 58.3 Å². The summed E-state index contributed by atoms with van der Waals surface area (Å²) in [5.41, 5.74) is 0.0808. The molecule has 1 aromatic heterocycles. The van der Waals surface area contributed by atoms with Crippen LogP contribution in [0.4, 0.5) is 10.1 Å². The van der Waals surface area contributed by atoms with Gasteiger partial charge in [-0.15, -0.1) is 0 Å². The molecule has 1 saturated heterocycles. The van der Waals surface area contributed by atoms with Crippen molar-refractivity contribution in [2.24, 2.45) is 0 Å². The zero-order valence-corrected chi connectivity index (χ0v) is 15.3. The Balaban J connectivity index is 0.00000192. The molecule has 0 unspecified atom stereocenters. The van der Waals surface area contributed by atoms with Crippen molar-refractivity contribution in [1.82, 2.24) is 4.57 Å². The smallest absolute Gasteiger partial charge is 0.341 e. The van der Waals surface area contributed by atoms with Gasteiger partial charge in [-0.05, 0) is 31.9 Å². The maximum atomic E-state index is 14.4. The third-order valence-corrected chi connectivity index (χ3v) is 4.17. The molecule has 1 aromatic carbocycles. The van der Waals surface area contributed by atoms with E-state index in [-0.39, 0.29) is 40.5 Å². The molecule has 1 aliphatic heterocycles. The fourth-order valence-electron chi connectivity index (χ4n) is 3.01. The van der Waals surface area contributed by atoms with Crippen molar-refractivity contribution in [3.8, 4) is 0 Å². The first kappa shape index (κ1) is 18.0. The number of carboxylic acid groups (broad SMARTS) is 1. The Morgan fingerprint density at radius 3 is 2.52 bits per heavy atom. The second-order valence-corrected chi connectivity index (χ2v) is 5.48. The monoisotopic (exact) mass is 327 g/mol. The molecular weight excluding hydrogens is 310 g/mol. The van der Waals surface area contributed by atoms with E-state index in [9.17, 15) is 14.0 Å². The number of aryl methyl sites for hydroxylation is 1. The molecule has 2 heterocycles. The molecule has 7 heteroatoms. The molecule has 5 nitrogen and oxygen atoms in total. The van der Waals surface area contributed by atoms with Crippen molar-refractivity contribution in [1.29, 1.82) is 0 Å². The number of pyridine rings is 1. The molecule has 1 N–H and O–H groups in total. The molecule has 1 radical (unpaired) electrons. The molecule has 117 valence electrons. The van der Waals surface area contributed by atoms with Crippen molar-refractivity contribution in [3.05, 3.63) is 39.9 Å². The second-order valence-electron chi connectivity index (χ2n) is 5.48. The average Bonchev–Trinajstić information content (AvgIpc) is 3.01. The number of carbonyl (C=O) groups is 1. The van der Waals surface area contributed by atoms with Crippen molar-refractivity contribution in [2.75, 3.05) is 18.0 Å². The van der Waals surface area contributed by atoms with E-state index in [0.29, 0.717) is 17.7 Å². The van der Waals surface area contributed by atoms with Gasteiger partial charge in [-0.1, -0.05) is 0 Å². The van der Waals surface area contributed by atoms with Gasteiger partial charge in [-0.3, -0.25) is 4.79 Å². The van der Waals surface area contributed by atoms with Gasteiger partial charge in [0.05, 0.1) is 11.2 Å². The van der Waals surface area contributed by atoms with Gasteiger partial charge >= 0.3 is 5.97 Å². The average molecular weight is 327 g/mol. The van der Waals surface area contributed by atoms with E-state index < -0.39 is 17.2 Å². The van der Waals surface area contributed by atoms with Crippen LogP contribution in [0, 0.1) is 5.82 Å². The molecule has 1 aliphatic rings. The molecule has 0 atom stereocenters. The van der Waals surface area contributed by atoms with Crippen LogP contribution >= 0.6 is 0 Å². The summed E-state index contributed by atoms with van der Waals surface area (Å²) in [6, 6.07) is 2.83. The topological polar surface area (TPSA) is 62.5 Å². The first-order valence-corrected chi connectivity index (χ1v) is 7.38. The summed E-state index contributed by atoms with van der Waals surface area (Å²) in [7, 11) is 0. The van der Waals surface area contributed by atoms with E-state index in [1.807, 2.05) is 11.8 Å². The fraction of sp³-hybridized carbons (Fsp3) is 0.375. The summed E-state index contributed by atoms with van der Waals surface area (Å²) in [4.78, 5) is 25.4. The summed E-state index contributed by atoms with van der Waals surface area (Å²) in [6.45, 7) is 3.95. The molecule has 23 heavy (non-hydrogen) atoms. The van der Waals surface area contributed by atoms with Crippen molar-refractivity contribution in [2.45, 2.75) is 26.3 Å². The first-order valence-electron chi connectivity index (χ1n) is 7.38. The van der Waals surface area contributed by atoms with Crippen molar-refractivity contribution >= 4 is 52.1 Å². The molecule has 2 aromatic rings. The fourth-order valence-corrected chi connectivity index (χ4v) is 3.01. The number of rotatable bonds is 3. The molecule has 1 fully saturated rings. The van der Waals surface area contributed by atoms with Gasteiger partial charge in [0.2, 0.25) is 5.43 Å². The largest absolute Gasteiger partial charge is 0.477 e. The number of fused-ring (bicyclic) bond motifs is 1. The third-order valence-electron chi connectivity index (χ3n) is 4.17. The number of benzene rings is 1. The number of carboxylic acids is 1. The minimum Gasteiger partial charge on any atom is -0.477 e. The van der Waals surface area contributed by atoms with Crippen LogP contribution in [0.2, 0.25) is 0 Å². The Bertz CT molecular complexity index is 813. The Labute approximate surface area is 155 Å². The summed E-state index contributed by atoms with van der Waals surface area (Å²) in [6.07, 6.45) is 3.38. The van der Waals surface area contributed by atoms with Crippen LogP contribution in [0.5, 0.6) is 0 Å². The molecular formula is C16H17FN2NaO3. The molecule has 3 rings (SSSR count). The Hall–Kier alpha value is -1.37. The molecule has 0 aliphatic carbocycles. The number of aromatic carboxylic acids is 1. The second kappa shape index (κ2) is 7.03. The van der Waals surface area contributed by atoms with Crippen LogP contribution in [0.15, 0.2) is 23.1 Å². The van der Waals surface area contributed by atoms with E-state index in [4.69, 9.17) is 5.11 Å². The normalized spacial score (nSPS) is 14.1. The van der Waals surface area contributed by atoms with E-state index >= 15 is 0 Å². The number of aromatic nitrogens is 1. The van der Waals surface area contributed by atoms with Crippen LogP contribution < -0.4 is 10.3 Å². The molecule has 0 bridgehead atoms. The summed E-state index contributed by atoms with van der Waals surface area (Å²) < 4.78 is 16.1. The van der Waals surface area contributed by atoms with Crippen molar-refractivity contribution < 1.29 is 14.3 Å². The Kier molecular flexibility index (Phi) is 5.49. The van der Waals surface area contributed by atoms with E-state index in [1.165, 1.54) is 12.3 Å². The molecule has 0 amide bonds. The number of nitrogens with zero attached hydrogens (tertiary/aromatic N) is 2. The number of hydrogen-bond acceptors (Lipinski definition) is 3. The Morgan fingerprint density at radius 2 is 1.96 bits per heavy atom. The number of anilines is 1. The van der Waals surface area contributed by atoms with Crippen LogP contribution in [0.3, 0.4) is 0 Å². The minimum absolute atomic E-state index is 0. The van der Waals surface area contributed by atoms with Gasteiger partial charge in [0, 0.05) is 60.8 Å². The maximum absolute atomic E-state index is 14.4. The van der Waals surface area contributed by atoms with E-state index in [0.717, 1.165) is 25.9 Å². The zero-order valence-electron chi connectivity index (χ0n) is 13.3. The minimum atomic E-state index is -1.29. The number of halogens is 1. The molecule has 0 saturated carbocycles. The van der Waals surface area contributed by atoms with E-state index in [1.54, 1.807) is 10.6 Å². The van der Waals surface area contributed by atoms with Crippen LogP contribution in [-0.2, 0) is 6.54 Å². The van der Waals surface area contributed by atoms with Crippen molar-refractivity contribution in [3.63, 3.8) is 0 Å². The number of hydrogen-bond donors (Lipinski definition) is 1. The predicted molar refractivity (Wildman–Crippen MR) is 88.0 cm³/mol. The Morgan fingerprint density at radius 1 is 1.30 bits per heavy atom. The zero-order chi connectivity index (χ0) is 15.9. The SMILES string of the molecule is CCn1cc(C(=O)O)c(=O)c2cc(F)c(N3CCCC3)cc21.[Na]. The van der Waals surface area contributed by atoms with Gasteiger partial charge in [0.15, 0.2) is 0 Å². The predicted octanol–water partition coefficient (Wildman–Crippen LogP) is 2.08. The summed E-state index contributed by atoms with van der Waals surface area (Å²) in [5, 5.41) is 9.24. The summed E-state index contributed by atoms with van der Waals surface area (Å²) in [5.74, 6) is -1.77. The van der Waals surface area contributed by atoms with Crippen LogP contribution in [0.1, 0.15) is 30.1 Å². The first-order chi connectivity index (χ1) is 10.5. The van der Waals surface area contributed by atoms with E-state index in [2.05, 4.69) is 0 Å². The van der Waals surface area contributed by atoms with Gasteiger partial charge in [-0.2, -0.15) is 0 Å². The quantitative estimate of drug-likeness (QED) is 0.877. The molecule has 0 spiro atoms. The third kappa shape index (κ3) is 3.16.